The summed E-state index contributed by atoms with van der Waals surface area (Å²) in [5.41, 5.74) is 2.19. The molecule has 0 N–H and O–H groups in total. The third-order valence-corrected chi connectivity index (χ3v) is 2.39. The van der Waals surface area contributed by atoms with E-state index in [1.807, 2.05) is 12.1 Å². The molecule has 0 amide bonds. The molecule has 0 bridgehead atoms. The molecule has 0 aromatic heterocycles. The van der Waals surface area contributed by atoms with Crippen molar-refractivity contribution in [3.8, 4) is 12.3 Å². The summed E-state index contributed by atoms with van der Waals surface area (Å²) in [6.07, 6.45) is 5.37. The van der Waals surface area contributed by atoms with Gasteiger partial charge >= 0.3 is 5.97 Å². The van der Waals surface area contributed by atoms with Gasteiger partial charge in [-0.05, 0) is 29.2 Å². The molecule has 0 saturated carbocycles. The van der Waals surface area contributed by atoms with Crippen molar-refractivity contribution in [2.24, 2.45) is 0 Å². The SMILES string of the molecule is C#Cc1cc(C(=O)OC)cc(C(C)(C)C)c1. The minimum absolute atomic E-state index is 0.0460. The van der Waals surface area contributed by atoms with Gasteiger partial charge < -0.3 is 4.74 Å². The van der Waals surface area contributed by atoms with Crippen LogP contribution in [-0.2, 0) is 10.2 Å². The summed E-state index contributed by atoms with van der Waals surface area (Å²) in [4.78, 5) is 11.5. The van der Waals surface area contributed by atoms with Crippen molar-refractivity contribution in [2.45, 2.75) is 26.2 Å². The molecule has 1 rings (SSSR count). The fraction of sp³-hybridized carbons (Fsp3) is 0.357. The quantitative estimate of drug-likeness (QED) is 0.533. The summed E-state index contributed by atoms with van der Waals surface area (Å²) in [6.45, 7) is 6.22. The van der Waals surface area contributed by atoms with Gasteiger partial charge in [-0.15, -0.1) is 6.42 Å². The van der Waals surface area contributed by atoms with E-state index in [2.05, 4.69) is 26.7 Å². The molecule has 2 nitrogen and oxygen atoms in total. The lowest BCUT2D eigenvalue weighted by atomic mass is 9.85. The molecule has 0 atom stereocenters. The molecule has 0 heterocycles. The van der Waals surface area contributed by atoms with Crippen molar-refractivity contribution < 1.29 is 9.53 Å². The number of carbonyl (C=O) groups excluding carboxylic acids is 1. The number of rotatable bonds is 1. The van der Waals surface area contributed by atoms with E-state index in [0.717, 1.165) is 5.56 Å². The molecule has 0 saturated heterocycles. The number of terminal acetylenes is 1. The van der Waals surface area contributed by atoms with Crippen molar-refractivity contribution in [3.05, 3.63) is 34.9 Å². The molecule has 84 valence electrons. The van der Waals surface area contributed by atoms with Crippen LogP contribution in [0.3, 0.4) is 0 Å². The van der Waals surface area contributed by atoms with Crippen LogP contribution in [0.5, 0.6) is 0 Å². The van der Waals surface area contributed by atoms with E-state index in [-0.39, 0.29) is 11.4 Å². The number of hydrogen-bond acceptors (Lipinski definition) is 2. The second kappa shape index (κ2) is 4.40. The first kappa shape index (κ1) is 12.3. The van der Waals surface area contributed by atoms with Gasteiger partial charge in [-0.1, -0.05) is 26.7 Å². The van der Waals surface area contributed by atoms with Crippen molar-refractivity contribution in [1.82, 2.24) is 0 Å². The van der Waals surface area contributed by atoms with Crippen LogP contribution in [-0.4, -0.2) is 13.1 Å². The zero-order valence-corrected chi connectivity index (χ0v) is 10.1. The van der Waals surface area contributed by atoms with E-state index < -0.39 is 0 Å². The first-order valence-electron chi connectivity index (χ1n) is 5.09. The van der Waals surface area contributed by atoms with Crippen LogP contribution in [0.15, 0.2) is 18.2 Å². The van der Waals surface area contributed by atoms with Crippen LogP contribution in [0, 0.1) is 12.3 Å². The van der Waals surface area contributed by atoms with Gasteiger partial charge in [-0.2, -0.15) is 0 Å². The molecular formula is C14H16O2. The Morgan fingerprint density at radius 2 is 1.94 bits per heavy atom. The molecule has 16 heavy (non-hydrogen) atoms. The van der Waals surface area contributed by atoms with Crippen molar-refractivity contribution in [2.75, 3.05) is 7.11 Å². The smallest absolute Gasteiger partial charge is 0.337 e. The number of methoxy groups -OCH3 is 1. The number of carbonyl (C=O) groups is 1. The first-order chi connectivity index (χ1) is 7.38. The molecule has 0 spiro atoms. The minimum Gasteiger partial charge on any atom is -0.465 e. The molecule has 1 aromatic rings. The highest BCUT2D eigenvalue weighted by Gasteiger charge is 2.17. The maximum absolute atomic E-state index is 11.5. The molecule has 1 aromatic carbocycles. The first-order valence-corrected chi connectivity index (χ1v) is 5.09. The fourth-order valence-electron chi connectivity index (χ4n) is 1.38. The topological polar surface area (TPSA) is 26.3 Å². The average molecular weight is 216 g/mol. The zero-order chi connectivity index (χ0) is 12.3. The highest BCUT2D eigenvalue weighted by Crippen LogP contribution is 2.24. The summed E-state index contributed by atoms with van der Waals surface area (Å²) in [7, 11) is 1.36. The summed E-state index contributed by atoms with van der Waals surface area (Å²) < 4.78 is 4.70. The monoisotopic (exact) mass is 216 g/mol. The lowest BCUT2D eigenvalue weighted by molar-refractivity contribution is 0.0600. The number of hydrogen-bond donors (Lipinski definition) is 0. The molecule has 0 aliphatic carbocycles. The lowest BCUT2D eigenvalue weighted by Gasteiger charge is -2.20. The van der Waals surface area contributed by atoms with Gasteiger partial charge in [-0.3, -0.25) is 0 Å². The molecule has 0 unspecified atom stereocenters. The van der Waals surface area contributed by atoms with Crippen molar-refractivity contribution in [1.29, 1.82) is 0 Å². The van der Waals surface area contributed by atoms with Crippen LogP contribution in [0.25, 0.3) is 0 Å². The molecular weight excluding hydrogens is 200 g/mol. The van der Waals surface area contributed by atoms with E-state index in [4.69, 9.17) is 11.2 Å². The Bertz CT molecular complexity index is 445. The Balaban J connectivity index is 3.34. The van der Waals surface area contributed by atoms with Crippen LogP contribution in [0.1, 0.15) is 42.3 Å². The zero-order valence-electron chi connectivity index (χ0n) is 10.1. The third kappa shape index (κ3) is 2.64. The van der Waals surface area contributed by atoms with Crippen LogP contribution in [0.2, 0.25) is 0 Å². The van der Waals surface area contributed by atoms with Crippen molar-refractivity contribution in [3.63, 3.8) is 0 Å². The maximum atomic E-state index is 11.5. The molecule has 0 radical (unpaired) electrons. The fourth-order valence-corrected chi connectivity index (χ4v) is 1.38. The van der Waals surface area contributed by atoms with E-state index in [1.54, 1.807) is 6.07 Å². The summed E-state index contributed by atoms with van der Waals surface area (Å²) in [6, 6.07) is 5.42. The standard InChI is InChI=1S/C14H16O2/c1-6-10-7-11(13(15)16-5)9-12(8-10)14(2,3)4/h1,7-9H,2-5H3. The number of benzene rings is 1. The Labute approximate surface area is 96.6 Å². The normalized spacial score (nSPS) is 10.7. The Morgan fingerprint density at radius 3 is 2.38 bits per heavy atom. The van der Waals surface area contributed by atoms with Crippen LogP contribution < -0.4 is 0 Å². The lowest BCUT2D eigenvalue weighted by Crippen LogP contribution is -2.13. The molecule has 0 fully saturated rings. The molecule has 0 aliphatic heterocycles. The minimum atomic E-state index is -0.359. The second-order valence-corrected chi connectivity index (χ2v) is 4.68. The maximum Gasteiger partial charge on any atom is 0.337 e. The molecule has 0 aliphatic rings. The van der Waals surface area contributed by atoms with Crippen molar-refractivity contribution >= 4 is 5.97 Å². The third-order valence-electron chi connectivity index (χ3n) is 2.39. The summed E-state index contributed by atoms with van der Waals surface area (Å²) >= 11 is 0. The van der Waals surface area contributed by atoms with Gasteiger partial charge in [0.05, 0.1) is 12.7 Å². The van der Waals surface area contributed by atoms with Gasteiger partial charge in [0.2, 0.25) is 0 Å². The average Bonchev–Trinajstić information content (AvgIpc) is 2.26. The predicted molar refractivity (Wildman–Crippen MR) is 64.4 cm³/mol. The van der Waals surface area contributed by atoms with E-state index >= 15 is 0 Å². The number of esters is 1. The largest absolute Gasteiger partial charge is 0.465 e. The van der Waals surface area contributed by atoms with E-state index in [0.29, 0.717) is 11.1 Å². The highest BCUT2D eigenvalue weighted by atomic mass is 16.5. The predicted octanol–water partition coefficient (Wildman–Crippen LogP) is 2.75. The highest BCUT2D eigenvalue weighted by molar-refractivity contribution is 5.90. The molecule has 2 heteroatoms. The Hall–Kier alpha value is -1.75. The second-order valence-electron chi connectivity index (χ2n) is 4.68. The van der Waals surface area contributed by atoms with Gasteiger partial charge in [0.15, 0.2) is 0 Å². The van der Waals surface area contributed by atoms with Gasteiger partial charge in [0, 0.05) is 5.56 Å². The summed E-state index contributed by atoms with van der Waals surface area (Å²) in [5.74, 6) is 2.19. The van der Waals surface area contributed by atoms with E-state index in [1.165, 1.54) is 7.11 Å². The van der Waals surface area contributed by atoms with Crippen LogP contribution >= 0.6 is 0 Å². The van der Waals surface area contributed by atoms with Gasteiger partial charge in [0.25, 0.3) is 0 Å². The number of ether oxygens (including phenoxy) is 1. The van der Waals surface area contributed by atoms with E-state index in [9.17, 15) is 4.79 Å². The Morgan fingerprint density at radius 1 is 1.31 bits per heavy atom. The Kier molecular flexibility index (Phi) is 3.39. The van der Waals surface area contributed by atoms with Crippen LogP contribution in [0.4, 0.5) is 0 Å². The summed E-state index contributed by atoms with van der Waals surface area (Å²) in [5, 5.41) is 0. The van der Waals surface area contributed by atoms with Gasteiger partial charge in [-0.25, -0.2) is 4.79 Å². The van der Waals surface area contributed by atoms with Gasteiger partial charge in [0.1, 0.15) is 0 Å².